The quantitative estimate of drug-likeness (QED) is 0.699. The van der Waals surface area contributed by atoms with E-state index in [2.05, 4.69) is 9.97 Å². The van der Waals surface area contributed by atoms with Gasteiger partial charge in [-0.2, -0.15) is 5.26 Å². The molecule has 1 aromatic heterocycles. The van der Waals surface area contributed by atoms with Gasteiger partial charge in [0.05, 0.1) is 25.4 Å². The minimum atomic E-state index is -0.235. The van der Waals surface area contributed by atoms with E-state index in [-0.39, 0.29) is 11.7 Å². The van der Waals surface area contributed by atoms with Crippen molar-refractivity contribution in [3.05, 3.63) is 18.1 Å². The summed E-state index contributed by atoms with van der Waals surface area (Å²) in [6.45, 7) is 2.66. The Kier molecular flexibility index (Phi) is 4.88. The molecule has 90 valence electrons. The van der Waals surface area contributed by atoms with Gasteiger partial charge in [-0.05, 0) is 6.92 Å². The molecular weight excluding hydrogens is 220 g/mol. The summed E-state index contributed by atoms with van der Waals surface area (Å²) in [5.74, 6) is 0.384. The Bertz CT molecular complexity index is 410. The van der Waals surface area contributed by atoms with E-state index in [1.165, 1.54) is 12.4 Å². The molecule has 0 N–H and O–H groups in total. The van der Waals surface area contributed by atoms with Crippen LogP contribution in [0.1, 0.15) is 19.0 Å². The van der Waals surface area contributed by atoms with E-state index in [0.717, 1.165) is 0 Å². The molecule has 0 aliphatic carbocycles. The van der Waals surface area contributed by atoms with E-state index in [4.69, 9.17) is 10.00 Å². The summed E-state index contributed by atoms with van der Waals surface area (Å²) in [5, 5.41) is 8.58. The minimum absolute atomic E-state index is 0.235. The molecule has 1 rings (SSSR count). The molecule has 0 saturated heterocycles. The average Bonchev–Trinajstić information content (AvgIpc) is 2.36. The van der Waals surface area contributed by atoms with E-state index in [1.54, 1.807) is 18.9 Å². The molecule has 0 bridgehead atoms. The van der Waals surface area contributed by atoms with Crippen molar-refractivity contribution in [1.82, 2.24) is 9.97 Å². The van der Waals surface area contributed by atoms with Crippen molar-refractivity contribution in [3.63, 3.8) is 0 Å². The second-order valence-corrected chi connectivity index (χ2v) is 3.35. The van der Waals surface area contributed by atoms with Crippen LogP contribution in [0.3, 0.4) is 0 Å². The van der Waals surface area contributed by atoms with Crippen LogP contribution in [-0.4, -0.2) is 36.1 Å². The SMILES string of the molecule is CCOC(=O)CCN(C)c1cnc(C#N)cn1. The fourth-order valence-electron chi connectivity index (χ4n) is 1.18. The lowest BCUT2D eigenvalue weighted by Gasteiger charge is -2.16. The van der Waals surface area contributed by atoms with Gasteiger partial charge in [-0.1, -0.05) is 0 Å². The number of aromatic nitrogens is 2. The summed E-state index contributed by atoms with van der Waals surface area (Å²) >= 11 is 0. The smallest absolute Gasteiger partial charge is 0.307 e. The maximum Gasteiger partial charge on any atom is 0.307 e. The lowest BCUT2D eigenvalue weighted by molar-refractivity contribution is -0.142. The highest BCUT2D eigenvalue weighted by atomic mass is 16.5. The van der Waals surface area contributed by atoms with E-state index in [0.29, 0.717) is 25.4 Å². The number of nitriles is 1. The molecular formula is C11H14N4O2. The fraction of sp³-hybridized carbons (Fsp3) is 0.455. The Labute approximate surface area is 99.9 Å². The van der Waals surface area contributed by atoms with Crippen LogP contribution in [0.2, 0.25) is 0 Å². The van der Waals surface area contributed by atoms with Gasteiger partial charge >= 0.3 is 5.97 Å². The van der Waals surface area contributed by atoms with Crippen molar-refractivity contribution in [3.8, 4) is 6.07 Å². The number of rotatable bonds is 5. The third-order valence-electron chi connectivity index (χ3n) is 2.10. The summed E-state index contributed by atoms with van der Waals surface area (Å²) in [4.78, 5) is 20.9. The van der Waals surface area contributed by atoms with Gasteiger partial charge in [0.2, 0.25) is 0 Å². The van der Waals surface area contributed by atoms with Crippen molar-refractivity contribution in [1.29, 1.82) is 5.26 Å². The van der Waals surface area contributed by atoms with Gasteiger partial charge in [-0.3, -0.25) is 4.79 Å². The molecule has 1 aromatic rings. The van der Waals surface area contributed by atoms with Gasteiger partial charge < -0.3 is 9.64 Å². The van der Waals surface area contributed by atoms with Gasteiger partial charge in [0, 0.05) is 13.6 Å². The number of esters is 1. The van der Waals surface area contributed by atoms with E-state index >= 15 is 0 Å². The van der Waals surface area contributed by atoms with Crippen molar-refractivity contribution in [2.24, 2.45) is 0 Å². The largest absolute Gasteiger partial charge is 0.466 e. The molecule has 0 saturated carbocycles. The lowest BCUT2D eigenvalue weighted by Crippen LogP contribution is -2.23. The Hall–Kier alpha value is -2.16. The minimum Gasteiger partial charge on any atom is -0.466 e. The summed E-state index contributed by atoms with van der Waals surface area (Å²) in [7, 11) is 1.80. The van der Waals surface area contributed by atoms with Crippen molar-refractivity contribution in [2.45, 2.75) is 13.3 Å². The predicted octanol–water partition coefficient (Wildman–Crippen LogP) is 0.738. The van der Waals surface area contributed by atoms with Gasteiger partial charge in [0.25, 0.3) is 0 Å². The normalized spacial score (nSPS) is 9.47. The average molecular weight is 234 g/mol. The van der Waals surface area contributed by atoms with Crippen LogP contribution < -0.4 is 4.90 Å². The van der Waals surface area contributed by atoms with Crippen LogP contribution >= 0.6 is 0 Å². The maximum atomic E-state index is 11.2. The molecule has 0 aliphatic heterocycles. The Morgan fingerprint density at radius 2 is 2.29 bits per heavy atom. The number of hydrogen-bond acceptors (Lipinski definition) is 6. The van der Waals surface area contributed by atoms with Crippen LogP contribution in [0.15, 0.2) is 12.4 Å². The second kappa shape index (κ2) is 6.43. The first-order valence-electron chi connectivity index (χ1n) is 5.26. The highest BCUT2D eigenvalue weighted by Crippen LogP contribution is 2.06. The third kappa shape index (κ3) is 4.07. The van der Waals surface area contributed by atoms with E-state index in [1.807, 2.05) is 6.07 Å². The molecule has 6 nitrogen and oxygen atoms in total. The van der Waals surface area contributed by atoms with Crippen molar-refractivity contribution in [2.75, 3.05) is 25.1 Å². The zero-order chi connectivity index (χ0) is 12.7. The molecule has 6 heteroatoms. The van der Waals surface area contributed by atoms with Crippen LogP contribution in [0.4, 0.5) is 5.82 Å². The van der Waals surface area contributed by atoms with Crippen molar-refractivity contribution < 1.29 is 9.53 Å². The molecule has 0 atom stereocenters. The highest BCUT2D eigenvalue weighted by Gasteiger charge is 2.07. The molecule has 0 amide bonds. The monoisotopic (exact) mass is 234 g/mol. The number of nitrogens with zero attached hydrogens (tertiary/aromatic N) is 4. The number of hydrogen-bond donors (Lipinski definition) is 0. The lowest BCUT2D eigenvalue weighted by atomic mass is 10.4. The first-order valence-corrected chi connectivity index (χ1v) is 5.26. The van der Waals surface area contributed by atoms with E-state index < -0.39 is 0 Å². The Morgan fingerprint density at radius 1 is 1.53 bits per heavy atom. The number of carbonyl (C=O) groups is 1. The molecule has 0 radical (unpaired) electrons. The molecule has 0 fully saturated rings. The Balaban J connectivity index is 2.49. The Morgan fingerprint density at radius 3 is 2.82 bits per heavy atom. The summed E-state index contributed by atoms with van der Waals surface area (Å²) in [6, 6.07) is 1.89. The van der Waals surface area contributed by atoms with Gasteiger partial charge in [0.1, 0.15) is 11.9 Å². The highest BCUT2D eigenvalue weighted by molar-refractivity contribution is 5.70. The van der Waals surface area contributed by atoms with Gasteiger partial charge in [-0.25, -0.2) is 9.97 Å². The first kappa shape index (κ1) is 12.9. The van der Waals surface area contributed by atoms with E-state index in [9.17, 15) is 4.79 Å². The second-order valence-electron chi connectivity index (χ2n) is 3.35. The molecule has 0 spiro atoms. The number of ether oxygens (including phenoxy) is 1. The summed E-state index contributed by atoms with van der Waals surface area (Å²) < 4.78 is 4.82. The van der Waals surface area contributed by atoms with Crippen LogP contribution in [0.25, 0.3) is 0 Å². The van der Waals surface area contributed by atoms with Crippen LogP contribution in [0.5, 0.6) is 0 Å². The zero-order valence-electron chi connectivity index (χ0n) is 9.88. The van der Waals surface area contributed by atoms with Gasteiger partial charge in [0.15, 0.2) is 5.69 Å². The maximum absolute atomic E-state index is 11.2. The van der Waals surface area contributed by atoms with Crippen LogP contribution in [-0.2, 0) is 9.53 Å². The van der Waals surface area contributed by atoms with Crippen molar-refractivity contribution >= 4 is 11.8 Å². The molecule has 0 aliphatic rings. The predicted molar refractivity (Wildman–Crippen MR) is 61.3 cm³/mol. The standard InChI is InChI=1S/C11H14N4O2/c1-3-17-11(16)4-5-15(2)10-8-13-9(6-12)7-14-10/h7-8H,3-5H2,1-2H3. The summed E-state index contributed by atoms with van der Waals surface area (Å²) in [6.07, 6.45) is 3.20. The molecule has 0 aromatic carbocycles. The topological polar surface area (TPSA) is 79.1 Å². The third-order valence-corrected chi connectivity index (χ3v) is 2.10. The van der Waals surface area contributed by atoms with Crippen LogP contribution in [0, 0.1) is 11.3 Å². The fourth-order valence-corrected chi connectivity index (χ4v) is 1.18. The van der Waals surface area contributed by atoms with Gasteiger partial charge in [-0.15, -0.1) is 0 Å². The zero-order valence-corrected chi connectivity index (χ0v) is 9.88. The number of carbonyl (C=O) groups excluding carboxylic acids is 1. The molecule has 1 heterocycles. The molecule has 17 heavy (non-hydrogen) atoms. The summed E-state index contributed by atoms with van der Waals surface area (Å²) in [5.41, 5.74) is 0.271. The first-order chi connectivity index (χ1) is 8.17. The number of anilines is 1. The molecule has 0 unspecified atom stereocenters.